The second kappa shape index (κ2) is 12.7. The van der Waals surface area contributed by atoms with Crippen molar-refractivity contribution in [3.05, 3.63) is 70.8 Å². The molecule has 0 fully saturated rings. The van der Waals surface area contributed by atoms with E-state index in [1.165, 1.54) is 37.8 Å². The first-order valence-corrected chi connectivity index (χ1v) is 11.0. The zero-order valence-electron chi connectivity index (χ0n) is 18.6. The molecule has 0 aliphatic carbocycles. The first-order chi connectivity index (χ1) is 15.7. The Bertz CT molecular complexity index is 971. The van der Waals surface area contributed by atoms with Crippen LogP contribution < -0.4 is 0 Å². The van der Waals surface area contributed by atoms with Crippen molar-refractivity contribution < 1.29 is 27.9 Å². The van der Waals surface area contributed by atoms with Crippen LogP contribution >= 0.6 is 0 Å². The Morgan fingerprint density at radius 1 is 0.879 bits per heavy atom. The van der Waals surface area contributed by atoms with Crippen LogP contribution in [0.25, 0.3) is 0 Å². The molecule has 1 N–H and O–H groups in total. The number of halogens is 3. The van der Waals surface area contributed by atoms with Gasteiger partial charge in [-0.15, -0.1) is 0 Å². The van der Waals surface area contributed by atoms with Crippen molar-refractivity contribution in [1.82, 2.24) is 4.90 Å². The predicted molar refractivity (Wildman–Crippen MR) is 120 cm³/mol. The smallest absolute Gasteiger partial charge is 0.416 e. The topological polar surface area (TPSA) is 57.6 Å². The number of carboxylic acids is 1. The van der Waals surface area contributed by atoms with E-state index in [2.05, 4.69) is 18.8 Å². The number of carbonyl (C=O) groups excluding carboxylic acids is 1. The number of benzene rings is 2. The number of hydrogen-bond acceptors (Lipinski definition) is 2. The summed E-state index contributed by atoms with van der Waals surface area (Å²) in [4.78, 5) is 24.5. The molecule has 2 rings (SSSR count). The quantitative estimate of drug-likeness (QED) is 0.283. The molecule has 0 unspecified atom stereocenters. The van der Waals surface area contributed by atoms with Crippen LogP contribution in [0.5, 0.6) is 0 Å². The number of unbranched alkanes of at least 4 members (excludes halogenated alkanes) is 5. The van der Waals surface area contributed by atoms with Crippen molar-refractivity contribution in [2.75, 3.05) is 0 Å². The van der Waals surface area contributed by atoms with Gasteiger partial charge in [-0.25, -0.2) is 4.79 Å². The minimum Gasteiger partial charge on any atom is -0.474 e. The van der Waals surface area contributed by atoms with E-state index in [4.69, 9.17) is 5.11 Å². The average Bonchev–Trinajstić information content (AvgIpc) is 2.78. The Hall–Kier alpha value is -3.27. The van der Waals surface area contributed by atoms with Gasteiger partial charge < -0.3 is 10.0 Å². The third-order valence-electron chi connectivity index (χ3n) is 5.09. The van der Waals surface area contributed by atoms with Crippen molar-refractivity contribution in [3.63, 3.8) is 0 Å². The molecule has 176 valence electrons. The zero-order valence-corrected chi connectivity index (χ0v) is 18.6. The number of carboxylic acid groups (broad SMARTS) is 1. The monoisotopic (exact) mass is 459 g/mol. The molecule has 1 amide bonds. The molecule has 0 saturated heterocycles. The van der Waals surface area contributed by atoms with Crippen molar-refractivity contribution in [1.29, 1.82) is 0 Å². The minimum atomic E-state index is -4.46. The van der Waals surface area contributed by atoms with Gasteiger partial charge >= 0.3 is 18.1 Å². The lowest BCUT2D eigenvalue weighted by molar-refractivity contribution is -0.156. The number of carbonyl (C=O) groups is 2. The lowest BCUT2D eigenvalue weighted by Crippen LogP contribution is -2.35. The number of nitrogens with zero attached hydrogens (tertiary/aromatic N) is 1. The van der Waals surface area contributed by atoms with Crippen molar-refractivity contribution >= 4 is 11.9 Å². The van der Waals surface area contributed by atoms with Crippen molar-refractivity contribution in [2.45, 2.75) is 64.7 Å². The summed E-state index contributed by atoms with van der Waals surface area (Å²) in [5.74, 6) is 3.50. The van der Waals surface area contributed by atoms with Crippen LogP contribution in [-0.2, 0) is 28.9 Å². The molecule has 4 nitrogen and oxygen atoms in total. The van der Waals surface area contributed by atoms with Crippen LogP contribution in [0.2, 0.25) is 0 Å². The van der Waals surface area contributed by atoms with E-state index in [1.54, 1.807) is 24.3 Å². The summed E-state index contributed by atoms with van der Waals surface area (Å²) in [6.07, 6.45) is 2.29. The Balaban J connectivity index is 2.01. The van der Waals surface area contributed by atoms with Gasteiger partial charge in [-0.3, -0.25) is 4.79 Å². The van der Waals surface area contributed by atoms with Crippen LogP contribution in [0.1, 0.15) is 67.7 Å². The lowest BCUT2D eigenvalue weighted by Gasteiger charge is -2.21. The molecule has 33 heavy (non-hydrogen) atoms. The molecular weight excluding hydrogens is 431 g/mol. The number of amides is 1. The molecule has 0 aliphatic rings. The molecular formula is C26H28F3NO3. The van der Waals surface area contributed by atoms with Crippen molar-refractivity contribution in [3.8, 4) is 11.8 Å². The standard InChI is InChI=1S/C26H28F3NO3/c1-2-3-4-5-6-7-8-9-20-10-12-21(13-11-20)18-30(24(31)25(32)33)19-22-14-16-23(17-15-22)26(27,28)29/h10-17H,2-7,18-19H2,1H3,(H,32,33). The van der Waals surface area contributed by atoms with Gasteiger partial charge in [-0.1, -0.05) is 68.7 Å². The van der Waals surface area contributed by atoms with Crippen LogP contribution in [0.15, 0.2) is 48.5 Å². The molecule has 0 spiro atoms. The first kappa shape index (κ1) is 26.0. The SMILES string of the molecule is CCCCCCCC#Cc1ccc(CN(Cc2ccc(C(F)(F)F)cc2)C(=O)C(=O)O)cc1. The lowest BCUT2D eigenvalue weighted by atomic mass is 10.1. The molecule has 0 aliphatic heterocycles. The average molecular weight is 460 g/mol. The maximum Gasteiger partial charge on any atom is 0.416 e. The van der Waals surface area contributed by atoms with Crippen LogP contribution in [-0.4, -0.2) is 21.9 Å². The second-order valence-electron chi connectivity index (χ2n) is 7.82. The summed E-state index contributed by atoms with van der Waals surface area (Å²) >= 11 is 0. The van der Waals surface area contributed by atoms with Gasteiger partial charge in [0.05, 0.1) is 5.56 Å². The normalized spacial score (nSPS) is 10.9. The van der Waals surface area contributed by atoms with E-state index >= 15 is 0 Å². The predicted octanol–water partition coefficient (Wildman–Crippen LogP) is 6.03. The van der Waals surface area contributed by atoms with E-state index in [0.717, 1.165) is 35.4 Å². The summed E-state index contributed by atoms with van der Waals surface area (Å²) in [6, 6.07) is 11.5. The molecule has 0 bridgehead atoms. The highest BCUT2D eigenvalue weighted by atomic mass is 19.4. The fourth-order valence-corrected chi connectivity index (χ4v) is 3.25. The molecule has 0 aromatic heterocycles. The van der Waals surface area contributed by atoms with Gasteiger partial charge in [-0.2, -0.15) is 13.2 Å². The third-order valence-corrected chi connectivity index (χ3v) is 5.09. The fraction of sp³-hybridized carbons (Fsp3) is 0.385. The van der Waals surface area contributed by atoms with Crippen molar-refractivity contribution in [2.24, 2.45) is 0 Å². The third kappa shape index (κ3) is 9.01. The van der Waals surface area contributed by atoms with Gasteiger partial charge in [0.1, 0.15) is 0 Å². The second-order valence-corrected chi connectivity index (χ2v) is 7.82. The summed E-state index contributed by atoms with van der Waals surface area (Å²) in [5.41, 5.74) is 1.12. The summed E-state index contributed by atoms with van der Waals surface area (Å²) < 4.78 is 38.2. The van der Waals surface area contributed by atoms with Crippen LogP contribution in [0.3, 0.4) is 0 Å². The van der Waals surface area contributed by atoms with Gasteiger partial charge in [0.2, 0.25) is 0 Å². The number of hydrogen-bond donors (Lipinski definition) is 1. The molecule has 0 radical (unpaired) electrons. The van der Waals surface area contributed by atoms with E-state index in [0.29, 0.717) is 11.1 Å². The van der Waals surface area contributed by atoms with E-state index < -0.39 is 23.6 Å². The largest absolute Gasteiger partial charge is 0.474 e. The molecule has 2 aromatic rings. The zero-order chi connectivity index (χ0) is 24.3. The molecule has 0 atom stereocenters. The molecule has 0 heterocycles. The fourth-order valence-electron chi connectivity index (χ4n) is 3.25. The van der Waals surface area contributed by atoms with Gasteiger partial charge in [-0.05, 0) is 41.8 Å². The highest BCUT2D eigenvalue weighted by Crippen LogP contribution is 2.29. The van der Waals surface area contributed by atoms with Gasteiger partial charge in [0.15, 0.2) is 0 Å². The molecule has 0 saturated carbocycles. The number of rotatable bonds is 9. The Morgan fingerprint density at radius 3 is 1.94 bits per heavy atom. The number of aliphatic carboxylic acids is 1. The van der Waals surface area contributed by atoms with E-state index in [-0.39, 0.29) is 13.1 Å². The number of alkyl halides is 3. The van der Waals surface area contributed by atoms with Crippen LogP contribution in [0.4, 0.5) is 13.2 Å². The highest BCUT2D eigenvalue weighted by Gasteiger charge is 2.30. The summed E-state index contributed by atoms with van der Waals surface area (Å²) in [5, 5.41) is 9.13. The van der Waals surface area contributed by atoms with E-state index in [9.17, 15) is 22.8 Å². The molecule has 2 aromatic carbocycles. The molecule has 7 heteroatoms. The summed E-state index contributed by atoms with van der Waals surface area (Å²) in [6.45, 7) is 2.06. The minimum absolute atomic E-state index is 0.0112. The maximum atomic E-state index is 12.7. The highest BCUT2D eigenvalue weighted by molar-refractivity contribution is 6.31. The Kier molecular flexibility index (Phi) is 9.99. The Morgan fingerprint density at radius 2 is 1.42 bits per heavy atom. The first-order valence-electron chi connectivity index (χ1n) is 11.0. The summed E-state index contributed by atoms with van der Waals surface area (Å²) in [7, 11) is 0. The van der Waals surface area contributed by atoms with E-state index in [1.807, 2.05) is 0 Å². The van der Waals surface area contributed by atoms with Crippen LogP contribution in [0, 0.1) is 11.8 Å². The maximum absolute atomic E-state index is 12.7. The van der Waals surface area contributed by atoms with Gasteiger partial charge in [0.25, 0.3) is 0 Å². The van der Waals surface area contributed by atoms with Gasteiger partial charge in [0, 0.05) is 25.1 Å². The Labute approximate surface area is 192 Å².